The fraction of sp³-hybridized carbons (Fsp3) is 0.900. The molecule has 0 radical (unpaired) electrons. The molecule has 0 fully saturated rings. The fourth-order valence-electron chi connectivity index (χ4n) is 2.89. The summed E-state index contributed by atoms with van der Waals surface area (Å²) in [5, 5.41) is 2.25. The van der Waals surface area contributed by atoms with Crippen molar-refractivity contribution < 1.29 is 4.84 Å². The van der Waals surface area contributed by atoms with Crippen molar-refractivity contribution in [3.8, 4) is 0 Å². The van der Waals surface area contributed by atoms with Crippen LogP contribution in [0.4, 0.5) is 0 Å². The van der Waals surface area contributed by atoms with Crippen LogP contribution in [0, 0.1) is 5.92 Å². The van der Waals surface area contributed by atoms with E-state index >= 15 is 0 Å². The highest BCUT2D eigenvalue weighted by atomic mass is 16.7. The van der Waals surface area contributed by atoms with Crippen molar-refractivity contribution >= 4 is 0 Å². The van der Waals surface area contributed by atoms with Crippen molar-refractivity contribution in [2.45, 2.75) is 90.9 Å². The van der Waals surface area contributed by atoms with Gasteiger partial charge in [-0.3, -0.25) is 4.84 Å². The first-order valence-electron chi connectivity index (χ1n) is 9.82. The summed E-state index contributed by atoms with van der Waals surface area (Å²) in [6.07, 6.45) is 20.9. The third-order valence-electron chi connectivity index (χ3n) is 4.31. The molecule has 0 atom stereocenters. The van der Waals surface area contributed by atoms with E-state index in [1.807, 2.05) is 0 Å². The number of hydrogen-bond acceptors (Lipinski definition) is 2. The van der Waals surface area contributed by atoms with Crippen molar-refractivity contribution in [1.29, 1.82) is 0 Å². The van der Waals surface area contributed by atoms with Gasteiger partial charge in [0, 0.05) is 13.1 Å². The molecule has 0 bridgehead atoms. The number of hydroxylamine groups is 2. The molecule has 130 valence electrons. The normalized spacial score (nSPS) is 23.2. The van der Waals surface area contributed by atoms with Gasteiger partial charge < -0.3 is 0 Å². The second-order valence-corrected chi connectivity index (χ2v) is 7.20. The first-order chi connectivity index (χ1) is 10.8. The summed E-state index contributed by atoms with van der Waals surface area (Å²) in [5.41, 5.74) is 0. The van der Waals surface area contributed by atoms with E-state index in [1.54, 1.807) is 0 Å². The Morgan fingerprint density at radius 3 is 1.68 bits per heavy atom. The number of rotatable bonds is 3. The Morgan fingerprint density at radius 1 is 0.727 bits per heavy atom. The molecule has 0 unspecified atom stereocenters. The summed E-state index contributed by atoms with van der Waals surface area (Å²) in [7, 11) is 0. The largest absolute Gasteiger partial charge is 0.299 e. The molecule has 2 nitrogen and oxygen atoms in total. The number of allylic oxidation sites excluding steroid dienone is 2. The maximum absolute atomic E-state index is 5.99. The Hall–Kier alpha value is -0.340. The molecule has 0 aliphatic carbocycles. The van der Waals surface area contributed by atoms with Gasteiger partial charge in [0.2, 0.25) is 0 Å². The smallest absolute Gasteiger partial charge is 0.0708 e. The molecule has 1 aliphatic heterocycles. The lowest BCUT2D eigenvalue weighted by atomic mass is 10.1. The van der Waals surface area contributed by atoms with Crippen LogP contribution >= 0.6 is 0 Å². The zero-order valence-electron chi connectivity index (χ0n) is 15.2. The second-order valence-electron chi connectivity index (χ2n) is 7.20. The number of hydrogen-bond donors (Lipinski definition) is 0. The van der Waals surface area contributed by atoms with E-state index in [2.05, 4.69) is 31.1 Å². The Labute approximate surface area is 139 Å². The van der Waals surface area contributed by atoms with Gasteiger partial charge in [0.1, 0.15) is 0 Å². The minimum Gasteiger partial charge on any atom is -0.299 e. The molecule has 0 amide bonds. The monoisotopic (exact) mass is 309 g/mol. The van der Waals surface area contributed by atoms with Gasteiger partial charge in [-0.2, -0.15) is 5.06 Å². The highest BCUT2D eigenvalue weighted by Crippen LogP contribution is 2.11. The summed E-state index contributed by atoms with van der Waals surface area (Å²) in [4.78, 5) is 5.99. The molecule has 1 aliphatic rings. The minimum atomic E-state index is 0.622. The molecule has 1 heterocycles. The first-order valence-corrected chi connectivity index (χ1v) is 9.82. The molecule has 0 spiro atoms. The molecule has 2 heteroatoms. The van der Waals surface area contributed by atoms with E-state index in [0.717, 1.165) is 19.7 Å². The molecule has 1 rings (SSSR count). The van der Waals surface area contributed by atoms with Gasteiger partial charge in [0.15, 0.2) is 0 Å². The maximum atomic E-state index is 5.99. The van der Waals surface area contributed by atoms with Crippen LogP contribution < -0.4 is 0 Å². The average molecular weight is 310 g/mol. The molecule has 0 saturated carbocycles. The van der Waals surface area contributed by atoms with Gasteiger partial charge in [-0.15, -0.1) is 0 Å². The molecule has 0 aromatic rings. The quantitative estimate of drug-likeness (QED) is 0.582. The van der Waals surface area contributed by atoms with E-state index in [4.69, 9.17) is 4.84 Å². The van der Waals surface area contributed by atoms with Crippen molar-refractivity contribution in [3.63, 3.8) is 0 Å². The molecular weight excluding hydrogens is 270 g/mol. The predicted molar refractivity (Wildman–Crippen MR) is 96.9 cm³/mol. The topological polar surface area (TPSA) is 12.5 Å². The van der Waals surface area contributed by atoms with Crippen LogP contribution in [0.15, 0.2) is 12.2 Å². The van der Waals surface area contributed by atoms with E-state index in [9.17, 15) is 0 Å². The first kappa shape index (κ1) is 19.7. The van der Waals surface area contributed by atoms with E-state index < -0.39 is 0 Å². The van der Waals surface area contributed by atoms with E-state index in [0.29, 0.717) is 5.92 Å². The van der Waals surface area contributed by atoms with E-state index in [1.165, 1.54) is 77.0 Å². The summed E-state index contributed by atoms with van der Waals surface area (Å²) < 4.78 is 0. The van der Waals surface area contributed by atoms with Crippen molar-refractivity contribution in [2.24, 2.45) is 5.92 Å². The van der Waals surface area contributed by atoms with Crippen LogP contribution in [-0.2, 0) is 4.84 Å². The third kappa shape index (κ3) is 12.2. The van der Waals surface area contributed by atoms with Crippen LogP contribution in [0.3, 0.4) is 0 Å². The van der Waals surface area contributed by atoms with Crippen molar-refractivity contribution in [1.82, 2.24) is 5.06 Å². The minimum absolute atomic E-state index is 0.622. The molecule has 0 N–H and O–H groups in total. The SMILES string of the molecule is CC(C)CON1CCCCCCC/C=C\CCCCCCC1. The van der Waals surface area contributed by atoms with Crippen LogP contribution in [0.25, 0.3) is 0 Å². The Bertz CT molecular complexity index is 242. The lowest BCUT2D eigenvalue weighted by molar-refractivity contribution is -0.168. The summed E-state index contributed by atoms with van der Waals surface area (Å²) in [5.74, 6) is 0.622. The van der Waals surface area contributed by atoms with E-state index in [-0.39, 0.29) is 0 Å². The second kappa shape index (κ2) is 14.3. The molecule has 0 aromatic heterocycles. The van der Waals surface area contributed by atoms with Gasteiger partial charge in [-0.1, -0.05) is 64.5 Å². The lowest BCUT2D eigenvalue weighted by Crippen LogP contribution is -2.28. The highest BCUT2D eigenvalue weighted by molar-refractivity contribution is 4.81. The number of nitrogens with zero attached hydrogens (tertiary/aromatic N) is 1. The Kier molecular flexibility index (Phi) is 12.8. The predicted octanol–water partition coefficient (Wildman–Crippen LogP) is 6.13. The molecule has 0 saturated heterocycles. The molecule has 0 aromatic carbocycles. The molecule has 22 heavy (non-hydrogen) atoms. The van der Waals surface area contributed by atoms with Crippen molar-refractivity contribution in [3.05, 3.63) is 12.2 Å². The average Bonchev–Trinajstić information content (AvgIpc) is 2.50. The zero-order chi connectivity index (χ0) is 15.9. The van der Waals surface area contributed by atoms with Gasteiger partial charge in [-0.05, 0) is 44.4 Å². The zero-order valence-corrected chi connectivity index (χ0v) is 15.2. The fourth-order valence-corrected chi connectivity index (χ4v) is 2.89. The van der Waals surface area contributed by atoms with Crippen LogP contribution in [0.2, 0.25) is 0 Å². The molecular formula is C20H39NO. The van der Waals surface area contributed by atoms with Crippen molar-refractivity contribution in [2.75, 3.05) is 19.7 Å². The Morgan fingerprint density at radius 2 is 1.18 bits per heavy atom. The lowest BCUT2D eigenvalue weighted by Gasteiger charge is -2.23. The van der Waals surface area contributed by atoms with Gasteiger partial charge in [0.05, 0.1) is 6.61 Å². The summed E-state index contributed by atoms with van der Waals surface area (Å²) in [6, 6.07) is 0. The van der Waals surface area contributed by atoms with Crippen LogP contribution in [-0.4, -0.2) is 24.8 Å². The summed E-state index contributed by atoms with van der Waals surface area (Å²) >= 11 is 0. The van der Waals surface area contributed by atoms with Gasteiger partial charge in [-0.25, -0.2) is 0 Å². The highest BCUT2D eigenvalue weighted by Gasteiger charge is 2.06. The Balaban J connectivity index is 2.28. The van der Waals surface area contributed by atoms with Gasteiger partial charge >= 0.3 is 0 Å². The van der Waals surface area contributed by atoms with Gasteiger partial charge in [0.25, 0.3) is 0 Å². The van der Waals surface area contributed by atoms with Crippen LogP contribution in [0.1, 0.15) is 90.9 Å². The summed E-state index contributed by atoms with van der Waals surface area (Å²) in [6.45, 7) is 7.56. The third-order valence-corrected chi connectivity index (χ3v) is 4.31. The van der Waals surface area contributed by atoms with Crippen LogP contribution in [0.5, 0.6) is 0 Å². The standard InChI is InChI=1S/C20H39NO/c1-20(2)19-22-21-17-15-13-11-9-7-5-3-4-6-8-10-12-14-16-18-21/h3-4,20H,5-19H2,1-2H3/b4-3-. The maximum Gasteiger partial charge on any atom is 0.0708 e.